The average molecular weight is 937 g/mol. The van der Waals surface area contributed by atoms with Gasteiger partial charge in [0.15, 0.2) is 6.61 Å². The summed E-state index contributed by atoms with van der Waals surface area (Å²) in [4.78, 5) is 66.0. The molecule has 0 aliphatic carbocycles. The highest BCUT2D eigenvalue weighted by Gasteiger charge is 2.40. The second-order valence-corrected chi connectivity index (χ2v) is 17.1. The lowest BCUT2D eigenvalue weighted by molar-refractivity contribution is -0.137. The van der Waals surface area contributed by atoms with Gasteiger partial charge in [0.1, 0.15) is 40.4 Å². The van der Waals surface area contributed by atoms with E-state index in [9.17, 15) is 24.0 Å². The van der Waals surface area contributed by atoms with Crippen molar-refractivity contribution in [2.24, 2.45) is 11.7 Å². The molecular weight excluding hydrogens is 877 g/mol. The fraction of sp³-hybridized carbons (Fsp3) is 0.469. The highest BCUT2D eigenvalue weighted by molar-refractivity contribution is 6.06. The van der Waals surface area contributed by atoms with Gasteiger partial charge in [-0.15, -0.1) is 0 Å². The lowest BCUT2D eigenvalue weighted by Crippen LogP contribution is -2.52. The Morgan fingerprint density at radius 1 is 0.779 bits per heavy atom. The molecule has 4 aliphatic rings. The highest BCUT2D eigenvalue weighted by atomic mass is 16.6. The molecule has 5 heterocycles. The van der Waals surface area contributed by atoms with Gasteiger partial charge in [0.25, 0.3) is 17.7 Å². The summed E-state index contributed by atoms with van der Waals surface area (Å²) >= 11 is 0. The summed E-state index contributed by atoms with van der Waals surface area (Å²) in [6, 6.07) is 21.6. The molecule has 1 unspecified atom stereocenters. The van der Waals surface area contributed by atoms with Crippen LogP contribution in [0, 0.1) is 5.92 Å². The number of fused-ring (bicyclic) bond motifs is 2. The molecule has 8 rings (SSSR count). The quantitative estimate of drug-likeness (QED) is 0.0583. The van der Waals surface area contributed by atoms with Crippen LogP contribution in [-0.2, 0) is 39.9 Å². The van der Waals surface area contributed by atoms with Crippen LogP contribution in [0.2, 0.25) is 0 Å². The minimum absolute atomic E-state index is 0.156. The summed E-state index contributed by atoms with van der Waals surface area (Å²) < 4.78 is 36.4. The van der Waals surface area contributed by atoms with Crippen molar-refractivity contribution in [3.05, 3.63) is 89.5 Å². The zero-order valence-electron chi connectivity index (χ0n) is 38.2. The monoisotopic (exact) mass is 936 g/mol. The molecule has 4 aromatic rings. The van der Waals surface area contributed by atoms with Crippen molar-refractivity contribution < 1.29 is 52.4 Å². The lowest BCUT2D eigenvalue weighted by Gasteiger charge is -2.38. The Balaban J connectivity index is 0.635. The maximum Gasteiger partial charge on any atom is 0.258 e. The van der Waals surface area contributed by atoms with E-state index < -0.39 is 17.9 Å². The molecule has 3 aromatic carbocycles. The van der Waals surface area contributed by atoms with E-state index >= 15 is 0 Å². The molecule has 19 heteroatoms. The standard InChI is InChI=1S/C49H60N8O11/c50-46(60)44-45(34-9-11-36(12-10-34)68-35-5-2-1-3-6-35)54-57-39(15-18-52-47(44)57)33-16-20-55(21-17-33)22-24-64-26-28-66-30-29-65-27-25-63-23-19-51-43(59)32-67-41-8-4-7-37-38(41)31-56(49(37)62)40-13-14-42(58)53-48(40)61/h1-12,33,39-40,52H,13-32H2,(H2,50,60)(H,51,59)(H,53,58,61)/t39-,40?/m0/s1. The maximum absolute atomic E-state index is 13.0. The number of hydrogen-bond acceptors (Lipinski definition) is 14. The molecule has 2 saturated heterocycles. The van der Waals surface area contributed by atoms with Crippen molar-refractivity contribution in [1.29, 1.82) is 0 Å². The first-order valence-corrected chi connectivity index (χ1v) is 23.4. The number of hydrogen-bond donors (Lipinski definition) is 4. The molecule has 0 bridgehead atoms. The summed E-state index contributed by atoms with van der Waals surface area (Å²) in [5, 5.41) is 13.5. The zero-order valence-corrected chi connectivity index (χ0v) is 38.2. The number of amides is 5. The number of benzene rings is 3. The molecule has 0 saturated carbocycles. The van der Waals surface area contributed by atoms with Gasteiger partial charge in [0.2, 0.25) is 11.8 Å². The minimum Gasteiger partial charge on any atom is -0.483 e. The Labute approximate surface area is 394 Å². The average Bonchev–Trinajstić information content (AvgIpc) is 3.91. The van der Waals surface area contributed by atoms with Crippen LogP contribution in [0.5, 0.6) is 17.2 Å². The number of aromatic nitrogens is 2. The number of carbonyl (C=O) groups excluding carboxylic acids is 5. The van der Waals surface area contributed by atoms with E-state index in [0.717, 1.165) is 56.8 Å². The molecule has 4 aliphatic heterocycles. The minimum atomic E-state index is -0.732. The van der Waals surface area contributed by atoms with Gasteiger partial charge in [-0.3, -0.25) is 29.3 Å². The van der Waals surface area contributed by atoms with Crippen LogP contribution >= 0.6 is 0 Å². The number of primary amides is 1. The number of nitrogens with one attached hydrogen (secondary N) is 3. The molecule has 362 valence electrons. The Morgan fingerprint density at radius 3 is 2.18 bits per heavy atom. The number of carbonyl (C=O) groups is 5. The molecular formula is C49H60N8O11. The fourth-order valence-electron chi connectivity index (χ4n) is 9.15. The molecule has 1 aromatic heterocycles. The lowest BCUT2D eigenvalue weighted by atomic mass is 9.87. The van der Waals surface area contributed by atoms with Crippen molar-refractivity contribution in [2.45, 2.75) is 50.7 Å². The van der Waals surface area contributed by atoms with E-state index in [2.05, 4.69) is 20.9 Å². The van der Waals surface area contributed by atoms with Gasteiger partial charge < -0.3 is 54.6 Å². The Hall–Kier alpha value is -6.38. The maximum atomic E-state index is 13.0. The number of rotatable bonds is 24. The smallest absolute Gasteiger partial charge is 0.258 e. The predicted octanol–water partition coefficient (Wildman–Crippen LogP) is 3.53. The Bertz CT molecular complexity index is 2370. The Morgan fingerprint density at radius 2 is 1.47 bits per heavy atom. The first-order valence-electron chi connectivity index (χ1n) is 23.4. The molecule has 0 spiro atoms. The third kappa shape index (κ3) is 12.2. The summed E-state index contributed by atoms with van der Waals surface area (Å²) in [7, 11) is 0. The molecule has 19 nitrogen and oxygen atoms in total. The van der Waals surface area contributed by atoms with Crippen molar-refractivity contribution in [3.8, 4) is 28.5 Å². The van der Waals surface area contributed by atoms with Crippen LogP contribution in [0.25, 0.3) is 11.3 Å². The second-order valence-electron chi connectivity index (χ2n) is 17.1. The number of para-hydroxylation sites is 1. The topological polar surface area (TPSA) is 227 Å². The number of likely N-dealkylation sites (tertiary alicyclic amines) is 1. The number of ether oxygens (including phenoxy) is 6. The van der Waals surface area contributed by atoms with Crippen molar-refractivity contribution >= 4 is 35.4 Å². The molecule has 5 amide bonds. The van der Waals surface area contributed by atoms with Crippen LogP contribution in [0.3, 0.4) is 0 Å². The summed E-state index contributed by atoms with van der Waals surface area (Å²) in [6.45, 7) is 7.22. The summed E-state index contributed by atoms with van der Waals surface area (Å²) in [6.07, 6.45) is 3.40. The van der Waals surface area contributed by atoms with Crippen LogP contribution < -0.4 is 31.2 Å². The molecule has 5 N–H and O–H groups in total. The van der Waals surface area contributed by atoms with Crippen molar-refractivity contribution in [1.82, 2.24) is 30.2 Å². The largest absolute Gasteiger partial charge is 0.483 e. The first-order chi connectivity index (χ1) is 33.2. The summed E-state index contributed by atoms with van der Waals surface area (Å²) in [5.74, 6) is 0.970. The van der Waals surface area contributed by atoms with Gasteiger partial charge in [-0.25, -0.2) is 4.68 Å². The zero-order chi connectivity index (χ0) is 47.2. The van der Waals surface area contributed by atoms with E-state index in [-0.39, 0.29) is 56.3 Å². The van der Waals surface area contributed by atoms with Gasteiger partial charge in [0, 0.05) is 42.7 Å². The number of imide groups is 1. The molecule has 0 radical (unpaired) electrons. The normalized spacial score (nSPS) is 18.4. The van der Waals surface area contributed by atoms with Gasteiger partial charge in [-0.05, 0) is 93.2 Å². The van der Waals surface area contributed by atoms with E-state index in [1.54, 1.807) is 18.2 Å². The van der Waals surface area contributed by atoms with Crippen molar-refractivity contribution in [3.63, 3.8) is 0 Å². The molecule has 2 atom stereocenters. The molecule has 68 heavy (non-hydrogen) atoms. The van der Waals surface area contributed by atoms with Gasteiger partial charge >= 0.3 is 0 Å². The third-order valence-electron chi connectivity index (χ3n) is 12.6. The summed E-state index contributed by atoms with van der Waals surface area (Å²) in [5.41, 5.74) is 8.78. The van der Waals surface area contributed by atoms with Crippen LogP contribution in [0.4, 0.5) is 5.82 Å². The van der Waals surface area contributed by atoms with E-state index in [1.165, 1.54) is 4.90 Å². The number of nitrogens with two attached hydrogens (primary N) is 1. The van der Waals surface area contributed by atoms with Gasteiger partial charge in [-0.1, -0.05) is 24.3 Å². The molecule has 2 fully saturated rings. The van der Waals surface area contributed by atoms with E-state index in [1.807, 2.05) is 59.3 Å². The number of nitrogens with zero attached hydrogens (tertiary/aromatic N) is 4. The number of piperidine rings is 2. The SMILES string of the molecule is NC(=O)c1c(-c2ccc(Oc3ccccc3)cc2)nn2c1NCC[C@H]2C1CCN(CCOCCOCCOCCOCCNC(=O)COc2cccc3c2CN(C2CCC(=O)NC2=O)C3=O)CC1. The van der Waals surface area contributed by atoms with Gasteiger partial charge in [-0.2, -0.15) is 5.10 Å². The van der Waals surface area contributed by atoms with Crippen molar-refractivity contribution in [2.75, 3.05) is 97.5 Å². The number of anilines is 1. The van der Waals surface area contributed by atoms with E-state index in [4.69, 9.17) is 39.3 Å². The van der Waals surface area contributed by atoms with Crippen LogP contribution in [-0.4, -0.2) is 147 Å². The van der Waals surface area contributed by atoms with Gasteiger partial charge in [0.05, 0.1) is 65.4 Å². The van der Waals surface area contributed by atoms with Crippen LogP contribution in [0.15, 0.2) is 72.8 Å². The predicted molar refractivity (Wildman–Crippen MR) is 248 cm³/mol. The Kier molecular flexibility index (Phi) is 16.7. The second kappa shape index (κ2) is 23.6. The van der Waals surface area contributed by atoms with Crippen LogP contribution in [0.1, 0.15) is 64.4 Å². The fourth-order valence-corrected chi connectivity index (χ4v) is 9.15. The first kappa shape index (κ1) is 48.1. The highest BCUT2D eigenvalue weighted by Crippen LogP contribution is 2.40. The van der Waals surface area contributed by atoms with E-state index in [0.29, 0.717) is 98.5 Å². The third-order valence-corrected chi connectivity index (χ3v) is 12.6.